The summed E-state index contributed by atoms with van der Waals surface area (Å²) >= 11 is 0. The van der Waals surface area contributed by atoms with Crippen molar-refractivity contribution in [1.29, 1.82) is 0 Å². The maximum atomic E-state index is 4.49. The van der Waals surface area contributed by atoms with Crippen molar-refractivity contribution < 1.29 is 0 Å². The van der Waals surface area contributed by atoms with Crippen LogP contribution < -0.4 is 4.90 Å². The lowest BCUT2D eigenvalue weighted by atomic mass is 10.0. The first-order chi connectivity index (χ1) is 9.24. The zero-order chi connectivity index (χ0) is 13.2. The Labute approximate surface area is 116 Å². The van der Waals surface area contributed by atoms with Gasteiger partial charge in [-0.2, -0.15) is 5.10 Å². The maximum Gasteiger partial charge on any atom is 0.0753 e. The number of anilines is 1. The van der Waals surface area contributed by atoms with E-state index in [0.717, 1.165) is 6.04 Å². The molecule has 0 bridgehead atoms. The van der Waals surface area contributed by atoms with Crippen LogP contribution in [-0.4, -0.2) is 46.9 Å². The van der Waals surface area contributed by atoms with E-state index < -0.39 is 0 Å². The standard InChI is InChI=1S/C15H26N4/c1-13(2)19-12-15(10-16-19)18-9-5-8-17-7-4-3-6-14(17)11-18/h10,12-14H,3-9,11H2,1-2H3. The highest BCUT2D eigenvalue weighted by atomic mass is 15.3. The van der Waals surface area contributed by atoms with Crippen LogP contribution in [-0.2, 0) is 0 Å². The Morgan fingerprint density at radius 2 is 2.00 bits per heavy atom. The normalized spacial score (nSPS) is 25.4. The molecule has 4 nitrogen and oxygen atoms in total. The molecule has 0 aliphatic carbocycles. The third kappa shape index (κ3) is 2.78. The van der Waals surface area contributed by atoms with Gasteiger partial charge >= 0.3 is 0 Å². The molecule has 1 unspecified atom stereocenters. The molecule has 3 heterocycles. The molecule has 1 aromatic heterocycles. The summed E-state index contributed by atoms with van der Waals surface area (Å²) < 4.78 is 2.07. The number of rotatable bonds is 2. The summed E-state index contributed by atoms with van der Waals surface area (Å²) in [5, 5.41) is 4.49. The zero-order valence-corrected chi connectivity index (χ0v) is 12.3. The predicted octanol–water partition coefficient (Wildman–Crippen LogP) is 2.53. The van der Waals surface area contributed by atoms with Crippen LogP contribution in [0.2, 0.25) is 0 Å². The second-order valence-electron chi connectivity index (χ2n) is 6.26. The highest BCUT2D eigenvalue weighted by Gasteiger charge is 2.27. The molecule has 2 aliphatic rings. The monoisotopic (exact) mass is 262 g/mol. The predicted molar refractivity (Wildman–Crippen MR) is 78.7 cm³/mol. The van der Waals surface area contributed by atoms with Crippen molar-refractivity contribution in [3.63, 3.8) is 0 Å². The summed E-state index contributed by atoms with van der Waals surface area (Å²) in [6, 6.07) is 1.21. The van der Waals surface area contributed by atoms with Crippen molar-refractivity contribution in [1.82, 2.24) is 14.7 Å². The molecule has 2 saturated heterocycles. The van der Waals surface area contributed by atoms with Gasteiger partial charge in [0.25, 0.3) is 0 Å². The Kier molecular flexibility index (Phi) is 3.78. The van der Waals surface area contributed by atoms with Crippen LogP contribution in [0.4, 0.5) is 5.69 Å². The van der Waals surface area contributed by atoms with Gasteiger partial charge in [-0.05, 0) is 39.7 Å². The lowest BCUT2D eigenvalue weighted by Crippen LogP contribution is -2.44. The van der Waals surface area contributed by atoms with E-state index in [4.69, 9.17) is 0 Å². The zero-order valence-electron chi connectivity index (χ0n) is 12.3. The fourth-order valence-electron chi connectivity index (χ4n) is 3.38. The first-order valence-corrected chi connectivity index (χ1v) is 7.77. The minimum atomic E-state index is 0.451. The van der Waals surface area contributed by atoms with E-state index in [9.17, 15) is 0 Å². The van der Waals surface area contributed by atoms with Crippen LogP contribution in [0.15, 0.2) is 12.4 Å². The van der Waals surface area contributed by atoms with Gasteiger partial charge < -0.3 is 4.90 Å². The summed E-state index contributed by atoms with van der Waals surface area (Å²) in [4.78, 5) is 5.25. The first kappa shape index (κ1) is 13.0. The van der Waals surface area contributed by atoms with Crippen molar-refractivity contribution in [2.24, 2.45) is 0 Å². The van der Waals surface area contributed by atoms with Crippen molar-refractivity contribution >= 4 is 5.69 Å². The summed E-state index contributed by atoms with van der Waals surface area (Å²) in [6.45, 7) is 9.31. The van der Waals surface area contributed by atoms with Gasteiger partial charge in [0, 0.05) is 37.9 Å². The molecule has 2 fully saturated rings. The fourth-order valence-corrected chi connectivity index (χ4v) is 3.38. The van der Waals surface area contributed by atoms with E-state index in [1.165, 1.54) is 57.5 Å². The van der Waals surface area contributed by atoms with Gasteiger partial charge in [-0.1, -0.05) is 6.42 Å². The number of aromatic nitrogens is 2. The Morgan fingerprint density at radius 1 is 1.16 bits per heavy atom. The van der Waals surface area contributed by atoms with Crippen molar-refractivity contribution in [2.75, 3.05) is 31.1 Å². The Hall–Kier alpha value is -1.03. The van der Waals surface area contributed by atoms with Gasteiger partial charge in [0.15, 0.2) is 0 Å². The summed E-state index contributed by atoms with van der Waals surface area (Å²) in [7, 11) is 0. The van der Waals surface area contributed by atoms with Gasteiger partial charge in [0.05, 0.1) is 11.9 Å². The molecule has 0 amide bonds. The molecule has 106 valence electrons. The largest absolute Gasteiger partial charge is 0.367 e. The molecule has 0 saturated carbocycles. The van der Waals surface area contributed by atoms with Crippen molar-refractivity contribution in [3.05, 3.63) is 12.4 Å². The number of fused-ring (bicyclic) bond motifs is 1. The maximum absolute atomic E-state index is 4.49. The van der Waals surface area contributed by atoms with E-state index in [1.54, 1.807) is 0 Å². The Morgan fingerprint density at radius 3 is 2.79 bits per heavy atom. The highest BCUT2D eigenvalue weighted by molar-refractivity contribution is 5.43. The molecule has 3 rings (SSSR count). The average molecular weight is 262 g/mol. The quantitative estimate of drug-likeness (QED) is 0.818. The van der Waals surface area contributed by atoms with E-state index in [0.29, 0.717) is 6.04 Å². The second kappa shape index (κ2) is 5.53. The lowest BCUT2D eigenvalue weighted by Gasteiger charge is -2.35. The molecule has 19 heavy (non-hydrogen) atoms. The molecule has 1 aromatic rings. The molecule has 0 spiro atoms. The molecule has 0 N–H and O–H groups in total. The van der Waals surface area contributed by atoms with Gasteiger partial charge in [0.1, 0.15) is 0 Å². The molecule has 2 aliphatic heterocycles. The minimum Gasteiger partial charge on any atom is -0.367 e. The summed E-state index contributed by atoms with van der Waals surface area (Å²) in [5.74, 6) is 0. The SMILES string of the molecule is CC(C)n1cc(N2CCCN3CCCCC3C2)cn1. The van der Waals surface area contributed by atoms with Gasteiger partial charge in [-0.25, -0.2) is 0 Å². The third-order valence-corrected chi connectivity index (χ3v) is 4.54. The van der Waals surface area contributed by atoms with E-state index in [-0.39, 0.29) is 0 Å². The van der Waals surface area contributed by atoms with Crippen LogP contribution in [0.5, 0.6) is 0 Å². The van der Waals surface area contributed by atoms with Crippen molar-refractivity contribution in [2.45, 2.75) is 51.6 Å². The van der Waals surface area contributed by atoms with Crippen LogP contribution in [0.3, 0.4) is 0 Å². The molecule has 1 atom stereocenters. The van der Waals surface area contributed by atoms with Crippen LogP contribution in [0.25, 0.3) is 0 Å². The number of piperidine rings is 1. The average Bonchev–Trinajstić information content (AvgIpc) is 2.80. The second-order valence-corrected chi connectivity index (χ2v) is 6.26. The minimum absolute atomic E-state index is 0.451. The smallest absolute Gasteiger partial charge is 0.0753 e. The molecule has 0 aromatic carbocycles. The molecular weight excluding hydrogens is 236 g/mol. The van der Waals surface area contributed by atoms with Gasteiger partial charge in [-0.3, -0.25) is 9.58 Å². The third-order valence-electron chi connectivity index (χ3n) is 4.54. The van der Waals surface area contributed by atoms with Crippen LogP contribution >= 0.6 is 0 Å². The molecule has 4 heteroatoms. The van der Waals surface area contributed by atoms with Crippen LogP contribution in [0.1, 0.15) is 45.6 Å². The molecule has 0 radical (unpaired) electrons. The number of nitrogens with zero attached hydrogens (tertiary/aromatic N) is 4. The Bertz CT molecular complexity index is 412. The van der Waals surface area contributed by atoms with Crippen LogP contribution in [0, 0.1) is 0 Å². The topological polar surface area (TPSA) is 24.3 Å². The lowest BCUT2D eigenvalue weighted by molar-refractivity contribution is 0.162. The summed E-state index contributed by atoms with van der Waals surface area (Å²) in [5.41, 5.74) is 1.31. The number of hydrogen-bond donors (Lipinski definition) is 0. The van der Waals surface area contributed by atoms with E-state index >= 15 is 0 Å². The van der Waals surface area contributed by atoms with E-state index in [2.05, 4.69) is 39.6 Å². The highest BCUT2D eigenvalue weighted by Crippen LogP contribution is 2.24. The van der Waals surface area contributed by atoms with E-state index in [1.807, 2.05) is 6.20 Å². The van der Waals surface area contributed by atoms with Gasteiger partial charge in [-0.15, -0.1) is 0 Å². The molecular formula is C15H26N4. The van der Waals surface area contributed by atoms with Crippen molar-refractivity contribution in [3.8, 4) is 0 Å². The number of hydrogen-bond acceptors (Lipinski definition) is 3. The van der Waals surface area contributed by atoms with Gasteiger partial charge in [0.2, 0.25) is 0 Å². The Balaban J connectivity index is 1.72. The first-order valence-electron chi connectivity index (χ1n) is 7.77. The summed E-state index contributed by atoms with van der Waals surface area (Å²) in [6.07, 6.45) is 9.70. The fraction of sp³-hybridized carbons (Fsp3) is 0.800.